The topological polar surface area (TPSA) is 128 Å². The van der Waals surface area contributed by atoms with Gasteiger partial charge in [-0.3, -0.25) is 10.1 Å². The third-order valence-electron chi connectivity index (χ3n) is 3.36. The van der Waals surface area contributed by atoms with E-state index < -0.39 is 28.3 Å². The average molecular weight is 373 g/mol. The van der Waals surface area contributed by atoms with E-state index in [4.69, 9.17) is 16.3 Å². The Bertz CT molecular complexity index is 776. The number of rotatable bonds is 4. The van der Waals surface area contributed by atoms with Crippen molar-refractivity contribution in [3.05, 3.63) is 38.5 Å². The largest absolute Gasteiger partial charge is 0.501 e. The van der Waals surface area contributed by atoms with Crippen LogP contribution < -0.4 is 4.90 Å². The molecular formula is C14H13ClN2O8. The number of anilines is 1. The molecule has 0 aromatic heterocycles. The summed E-state index contributed by atoms with van der Waals surface area (Å²) in [6.07, 6.45) is 0. The minimum Gasteiger partial charge on any atom is -0.501 e. The highest BCUT2D eigenvalue weighted by Crippen LogP contribution is 2.41. The number of benzene rings is 1. The number of halogens is 1. The van der Waals surface area contributed by atoms with Gasteiger partial charge in [0.25, 0.3) is 0 Å². The molecule has 0 spiro atoms. The first-order valence-corrected chi connectivity index (χ1v) is 7.11. The zero-order chi connectivity index (χ0) is 18.7. The highest BCUT2D eigenvalue weighted by atomic mass is 35.5. The maximum Gasteiger partial charge on any atom is 0.355 e. The summed E-state index contributed by atoms with van der Waals surface area (Å²) in [6, 6.07) is 2.14. The maximum atomic E-state index is 12.2. The molecule has 0 radical (unpaired) electrons. The lowest BCUT2D eigenvalue weighted by molar-refractivity contribution is -0.385. The molecule has 134 valence electrons. The monoisotopic (exact) mass is 372 g/mol. The number of nitro benzene ring substituents is 1. The van der Waals surface area contributed by atoms with E-state index in [1.807, 2.05) is 0 Å². The number of esters is 2. The van der Waals surface area contributed by atoms with Crippen LogP contribution in [0.5, 0.6) is 5.75 Å². The highest BCUT2D eigenvalue weighted by molar-refractivity contribution is 6.31. The number of hydrogen-bond acceptors (Lipinski definition) is 9. The Balaban J connectivity index is 2.70. The van der Waals surface area contributed by atoms with Gasteiger partial charge in [-0.1, -0.05) is 11.6 Å². The molecule has 0 bridgehead atoms. The molecule has 1 aliphatic heterocycles. The molecule has 0 unspecified atom stereocenters. The number of phenols is 1. The number of nitro groups is 1. The van der Waals surface area contributed by atoms with Gasteiger partial charge in [-0.05, 0) is 6.07 Å². The second-order valence-electron chi connectivity index (χ2n) is 4.77. The highest BCUT2D eigenvalue weighted by Gasteiger charge is 2.35. The van der Waals surface area contributed by atoms with Crippen molar-refractivity contribution in [2.75, 3.05) is 32.5 Å². The molecule has 10 nitrogen and oxygen atoms in total. The lowest BCUT2D eigenvalue weighted by Crippen LogP contribution is -2.38. The van der Waals surface area contributed by atoms with Gasteiger partial charge in [0.2, 0.25) is 5.75 Å². The van der Waals surface area contributed by atoms with Gasteiger partial charge in [-0.25, -0.2) is 9.59 Å². The second-order valence-corrected chi connectivity index (χ2v) is 5.20. The summed E-state index contributed by atoms with van der Waals surface area (Å²) in [5, 5.41) is 21.2. The molecule has 0 atom stereocenters. The number of methoxy groups -OCH3 is 2. The van der Waals surface area contributed by atoms with E-state index in [-0.39, 0.29) is 35.3 Å². The van der Waals surface area contributed by atoms with Crippen LogP contribution in [-0.2, 0) is 23.8 Å². The summed E-state index contributed by atoms with van der Waals surface area (Å²) in [7, 11) is 2.21. The van der Waals surface area contributed by atoms with E-state index in [2.05, 4.69) is 9.47 Å². The Morgan fingerprint density at radius 3 is 2.52 bits per heavy atom. The first-order valence-electron chi connectivity index (χ1n) is 6.73. The Kier molecular flexibility index (Phi) is 5.45. The molecule has 0 saturated heterocycles. The summed E-state index contributed by atoms with van der Waals surface area (Å²) in [4.78, 5) is 35.3. The lowest BCUT2D eigenvalue weighted by Gasteiger charge is -2.31. The summed E-state index contributed by atoms with van der Waals surface area (Å²) in [5.74, 6) is -2.50. The summed E-state index contributed by atoms with van der Waals surface area (Å²) >= 11 is 5.87. The molecule has 1 N–H and O–H groups in total. The molecule has 2 rings (SSSR count). The van der Waals surface area contributed by atoms with Crippen LogP contribution in [-0.4, -0.2) is 49.5 Å². The van der Waals surface area contributed by atoms with Crippen LogP contribution in [0.4, 0.5) is 11.4 Å². The molecular weight excluding hydrogens is 360 g/mol. The molecule has 0 fully saturated rings. The standard InChI is InChI=1S/C14H13ClN2O8/c1-23-13(19)8-5-25-6-16(11(8)14(20)24-2)9-3-7(15)4-10(12(9)18)17(21)22/h3-4,18H,5-6H2,1-2H3. The number of nitrogens with zero attached hydrogens (tertiary/aromatic N) is 2. The third kappa shape index (κ3) is 3.49. The van der Waals surface area contributed by atoms with Gasteiger partial charge in [-0.15, -0.1) is 0 Å². The van der Waals surface area contributed by atoms with Gasteiger partial charge < -0.3 is 24.2 Å². The summed E-state index contributed by atoms with van der Waals surface area (Å²) < 4.78 is 14.5. The van der Waals surface area contributed by atoms with Gasteiger partial charge >= 0.3 is 17.6 Å². The van der Waals surface area contributed by atoms with Crippen molar-refractivity contribution in [1.82, 2.24) is 0 Å². The van der Waals surface area contributed by atoms with E-state index >= 15 is 0 Å². The number of ether oxygens (including phenoxy) is 3. The van der Waals surface area contributed by atoms with E-state index in [0.29, 0.717) is 0 Å². The number of hydrogen-bond donors (Lipinski definition) is 1. The number of aromatic hydroxyl groups is 1. The van der Waals surface area contributed by atoms with Gasteiger partial charge in [-0.2, -0.15) is 0 Å². The van der Waals surface area contributed by atoms with Crippen molar-refractivity contribution >= 4 is 34.9 Å². The molecule has 1 heterocycles. The molecule has 0 amide bonds. The fourth-order valence-corrected chi connectivity index (χ4v) is 2.46. The van der Waals surface area contributed by atoms with Crippen molar-refractivity contribution in [3.8, 4) is 5.75 Å². The van der Waals surface area contributed by atoms with Crippen molar-refractivity contribution in [2.24, 2.45) is 0 Å². The molecule has 1 aromatic carbocycles. The van der Waals surface area contributed by atoms with Gasteiger partial charge in [0.15, 0.2) is 0 Å². The number of phenolic OH excluding ortho intramolecular Hbond substituents is 1. The van der Waals surface area contributed by atoms with E-state index in [1.165, 1.54) is 6.07 Å². The Morgan fingerprint density at radius 1 is 1.32 bits per heavy atom. The first kappa shape index (κ1) is 18.5. The van der Waals surface area contributed by atoms with E-state index in [1.54, 1.807) is 0 Å². The van der Waals surface area contributed by atoms with Crippen LogP contribution in [0.3, 0.4) is 0 Å². The minimum absolute atomic E-state index is 0.0612. The van der Waals surface area contributed by atoms with Gasteiger partial charge in [0, 0.05) is 11.1 Å². The average Bonchev–Trinajstić information content (AvgIpc) is 2.61. The van der Waals surface area contributed by atoms with Crippen LogP contribution in [0.25, 0.3) is 0 Å². The second kappa shape index (κ2) is 7.36. The van der Waals surface area contributed by atoms with Crippen molar-refractivity contribution in [3.63, 3.8) is 0 Å². The summed E-state index contributed by atoms with van der Waals surface area (Å²) in [6.45, 7) is -0.521. The number of carbonyl (C=O) groups is 2. The first-order chi connectivity index (χ1) is 11.8. The van der Waals surface area contributed by atoms with Crippen molar-refractivity contribution in [1.29, 1.82) is 0 Å². The summed E-state index contributed by atoms with van der Waals surface area (Å²) in [5.41, 5.74) is -1.30. The quantitative estimate of drug-likeness (QED) is 0.473. The Morgan fingerprint density at radius 2 is 1.96 bits per heavy atom. The molecule has 25 heavy (non-hydrogen) atoms. The van der Waals surface area contributed by atoms with Crippen LogP contribution in [0.15, 0.2) is 23.4 Å². The molecule has 0 saturated carbocycles. The fourth-order valence-electron chi connectivity index (χ4n) is 2.25. The number of carbonyl (C=O) groups excluding carboxylic acids is 2. The van der Waals surface area contributed by atoms with E-state index in [9.17, 15) is 24.8 Å². The van der Waals surface area contributed by atoms with Crippen LogP contribution in [0.2, 0.25) is 5.02 Å². The van der Waals surface area contributed by atoms with Crippen LogP contribution in [0, 0.1) is 10.1 Å². The molecule has 1 aromatic rings. The fraction of sp³-hybridized carbons (Fsp3) is 0.286. The molecule has 0 aliphatic carbocycles. The van der Waals surface area contributed by atoms with Gasteiger partial charge in [0.1, 0.15) is 12.4 Å². The van der Waals surface area contributed by atoms with Gasteiger partial charge in [0.05, 0.1) is 37.0 Å². The van der Waals surface area contributed by atoms with Crippen molar-refractivity contribution in [2.45, 2.75) is 0 Å². The predicted molar refractivity (Wildman–Crippen MR) is 84.1 cm³/mol. The predicted octanol–water partition coefficient (Wildman–Crippen LogP) is 1.35. The maximum absolute atomic E-state index is 12.2. The zero-order valence-corrected chi connectivity index (χ0v) is 13.9. The molecule has 1 aliphatic rings. The Labute approximate surface area is 146 Å². The lowest BCUT2D eigenvalue weighted by atomic mass is 10.1. The minimum atomic E-state index is -0.911. The normalized spacial score (nSPS) is 14.3. The molecule has 11 heteroatoms. The Hall–Kier alpha value is -2.85. The van der Waals surface area contributed by atoms with Crippen molar-refractivity contribution < 1.29 is 33.8 Å². The third-order valence-corrected chi connectivity index (χ3v) is 3.57. The SMILES string of the molecule is COC(=O)C1=C(C(=O)OC)N(c2cc(Cl)cc([N+](=O)[O-])c2O)COC1. The zero-order valence-electron chi connectivity index (χ0n) is 13.1. The smallest absolute Gasteiger partial charge is 0.355 e. The van der Waals surface area contributed by atoms with E-state index in [0.717, 1.165) is 25.2 Å². The van der Waals surface area contributed by atoms with Crippen LogP contribution in [0.1, 0.15) is 0 Å². The van der Waals surface area contributed by atoms with Crippen LogP contribution >= 0.6 is 11.6 Å².